The zero-order valence-corrected chi connectivity index (χ0v) is 16.9. The summed E-state index contributed by atoms with van der Waals surface area (Å²) in [5.41, 5.74) is 4.14. The average molecular weight is 394 g/mol. The van der Waals surface area contributed by atoms with Gasteiger partial charge in [-0.1, -0.05) is 30.0 Å². The first-order valence-electron chi connectivity index (χ1n) is 9.58. The highest BCUT2D eigenvalue weighted by molar-refractivity contribution is 7.99. The van der Waals surface area contributed by atoms with E-state index in [1.54, 1.807) is 10.6 Å². The highest BCUT2D eigenvalue weighted by Crippen LogP contribution is 2.25. The van der Waals surface area contributed by atoms with Gasteiger partial charge in [0.2, 0.25) is 5.91 Å². The van der Waals surface area contributed by atoms with Gasteiger partial charge in [-0.15, -0.1) is 0 Å². The van der Waals surface area contributed by atoms with Gasteiger partial charge in [0, 0.05) is 11.7 Å². The maximum atomic E-state index is 12.8. The van der Waals surface area contributed by atoms with Crippen molar-refractivity contribution in [2.45, 2.75) is 44.3 Å². The van der Waals surface area contributed by atoms with Crippen LogP contribution >= 0.6 is 11.8 Å². The molecule has 1 N–H and O–H groups in total. The molecule has 0 radical (unpaired) electrons. The van der Waals surface area contributed by atoms with Crippen molar-refractivity contribution in [2.24, 2.45) is 0 Å². The summed E-state index contributed by atoms with van der Waals surface area (Å²) in [5, 5.41) is 4.14. The molecule has 6 heteroatoms. The molecule has 28 heavy (non-hydrogen) atoms. The average Bonchev–Trinajstić information content (AvgIpc) is 3.14. The van der Waals surface area contributed by atoms with Gasteiger partial charge in [-0.05, 0) is 68.5 Å². The summed E-state index contributed by atoms with van der Waals surface area (Å²) in [5.74, 6) is 0.106. The Morgan fingerprint density at radius 3 is 2.79 bits per heavy atom. The zero-order valence-electron chi connectivity index (χ0n) is 16.1. The highest BCUT2D eigenvalue weighted by Gasteiger charge is 2.16. The Labute approximate surface area is 168 Å². The Hall–Kier alpha value is -2.60. The van der Waals surface area contributed by atoms with Gasteiger partial charge in [-0.2, -0.15) is 0 Å². The summed E-state index contributed by atoms with van der Waals surface area (Å²) in [6, 6.07) is 13.4. The van der Waals surface area contributed by atoms with Gasteiger partial charge >= 0.3 is 0 Å². The number of carbonyl (C=O) groups is 1. The van der Waals surface area contributed by atoms with E-state index >= 15 is 0 Å². The van der Waals surface area contributed by atoms with E-state index in [-0.39, 0.29) is 23.3 Å². The first kappa shape index (κ1) is 18.7. The van der Waals surface area contributed by atoms with Crippen LogP contribution in [0.3, 0.4) is 0 Å². The second kappa shape index (κ2) is 7.80. The van der Waals surface area contributed by atoms with Crippen LogP contribution in [0.25, 0.3) is 10.9 Å². The molecule has 1 amide bonds. The molecular formula is C22H23N3O2S. The molecule has 0 bridgehead atoms. The first-order valence-corrected chi connectivity index (χ1v) is 10.6. The molecule has 0 spiro atoms. The fraction of sp³-hybridized carbons (Fsp3) is 0.318. The van der Waals surface area contributed by atoms with Crippen molar-refractivity contribution in [3.05, 3.63) is 63.9 Å². The zero-order chi connectivity index (χ0) is 19.7. The van der Waals surface area contributed by atoms with E-state index < -0.39 is 0 Å². The fourth-order valence-electron chi connectivity index (χ4n) is 3.66. The molecular weight excluding hydrogens is 370 g/mol. The van der Waals surface area contributed by atoms with E-state index in [1.165, 1.54) is 29.3 Å². The van der Waals surface area contributed by atoms with Crippen LogP contribution in [0.2, 0.25) is 0 Å². The number of aryl methyl sites for hydroxylation is 2. The van der Waals surface area contributed by atoms with Crippen molar-refractivity contribution in [2.75, 3.05) is 11.1 Å². The number of fused-ring (bicyclic) bond motifs is 2. The summed E-state index contributed by atoms with van der Waals surface area (Å²) in [6.07, 6.45) is 3.39. The van der Waals surface area contributed by atoms with Gasteiger partial charge in [-0.3, -0.25) is 14.2 Å². The Kier molecular flexibility index (Phi) is 5.22. The molecule has 1 aromatic heterocycles. The maximum absolute atomic E-state index is 12.8. The van der Waals surface area contributed by atoms with Crippen LogP contribution in [0.1, 0.15) is 37.4 Å². The lowest BCUT2D eigenvalue weighted by molar-refractivity contribution is -0.113. The number of amides is 1. The monoisotopic (exact) mass is 393 g/mol. The number of rotatable bonds is 5. The molecule has 144 valence electrons. The third-order valence-corrected chi connectivity index (χ3v) is 5.96. The lowest BCUT2D eigenvalue weighted by Gasteiger charge is -2.16. The van der Waals surface area contributed by atoms with E-state index in [4.69, 9.17) is 0 Å². The number of thioether (sulfide) groups is 1. The summed E-state index contributed by atoms with van der Waals surface area (Å²) in [7, 11) is 0. The maximum Gasteiger partial charge on any atom is 0.262 e. The van der Waals surface area contributed by atoms with E-state index in [0.29, 0.717) is 16.1 Å². The Balaban J connectivity index is 1.52. The second-order valence-electron chi connectivity index (χ2n) is 7.35. The smallest absolute Gasteiger partial charge is 0.262 e. The number of hydrogen-bond donors (Lipinski definition) is 1. The number of nitrogens with one attached hydrogen (secondary N) is 1. The molecule has 0 atom stereocenters. The predicted molar refractivity (Wildman–Crippen MR) is 114 cm³/mol. The molecule has 3 aromatic rings. The molecule has 1 aliphatic carbocycles. The van der Waals surface area contributed by atoms with Crippen LogP contribution in [-0.2, 0) is 17.6 Å². The molecule has 5 nitrogen and oxygen atoms in total. The van der Waals surface area contributed by atoms with Crippen molar-refractivity contribution >= 4 is 34.3 Å². The van der Waals surface area contributed by atoms with E-state index in [0.717, 1.165) is 18.5 Å². The van der Waals surface area contributed by atoms with Crippen LogP contribution < -0.4 is 10.9 Å². The number of benzene rings is 2. The Morgan fingerprint density at radius 2 is 1.96 bits per heavy atom. The number of hydrogen-bond acceptors (Lipinski definition) is 4. The minimum atomic E-state index is -0.0966. The van der Waals surface area contributed by atoms with Crippen LogP contribution in [0.4, 0.5) is 5.69 Å². The van der Waals surface area contributed by atoms with Gasteiger partial charge in [0.05, 0.1) is 16.7 Å². The predicted octanol–water partition coefficient (Wildman–Crippen LogP) is 4.20. The fourth-order valence-corrected chi connectivity index (χ4v) is 4.59. The van der Waals surface area contributed by atoms with Crippen LogP contribution in [0.5, 0.6) is 0 Å². The third kappa shape index (κ3) is 3.69. The molecule has 0 aliphatic heterocycles. The van der Waals surface area contributed by atoms with Gasteiger partial charge in [0.15, 0.2) is 5.16 Å². The number of carbonyl (C=O) groups excluding carboxylic acids is 1. The second-order valence-corrected chi connectivity index (χ2v) is 8.30. The number of anilines is 1. The Bertz CT molecular complexity index is 1100. The highest BCUT2D eigenvalue weighted by atomic mass is 32.2. The molecule has 4 rings (SSSR count). The van der Waals surface area contributed by atoms with Gasteiger partial charge < -0.3 is 5.32 Å². The van der Waals surface area contributed by atoms with Gasteiger partial charge in [0.25, 0.3) is 5.56 Å². The van der Waals surface area contributed by atoms with E-state index in [1.807, 2.05) is 38.1 Å². The Morgan fingerprint density at radius 1 is 1.18 bits per heavy atom. The molecule has 2 aromatic carbocycles. The van der Waals surface area contributed by atoms with Crippen molar-refractivity contribution in [3.8, 4) is 0 Å². The minimum absolute atomic E-state index is 0.0353. The molecule has 0 saturated carbocycles. The van der Waals surface area contributed by atoms with Crippen LogP contribution in [-0.4, -0.2) is 21.2 Å². The standard InChI is InChI=1S/C22H23N3O2S/c1-14(2)25-21(27)18-8-3-4-9-19(18)24-22(25)28-13-20(26)23-17-11-10-15-6-5-7-16(15)12-17/h3-4,8-12,14H,5-7,13H2,1-2H3,(H,23,26). The molecule has 1 aliphatic rings. The lowest BCUT2D eigenvalue weighted by atomic mass is 10.1. The normalized spacial score (nSPS) is 13.1. The third-order valence-electron chi connectivity index (χ3n) is 5.01. The van der Waals surface area contributed by atoms with Crippen molar-refractivity contribution in [3.63, 3.8) is 0 Å². The topological polar surface area (TPSA) is 64.0 Å². The summed E-state index contributed by atoms with van der Waals surface area (Å²) in [4.78, 5) is 29.9. The SMILES string of the molecule is CC(C)n1c(SCC(=O)Nc2ccc3c(c2)CCC3)nc2ccccc2c1=O. The molecule has 0 saturated heterocycles. The van der Waals surface area contributed by atoms with E-state index in [2.05, 4.69) is 22.4 Å². The summed E-state index contributed by atoms with van der Waals surface area (Å²) >= 11 is 1.30. The minimum Gasteiger partial charge on any atom is -0.325 e. The van der Waals surface area contributed by atoms with Gasteiger partial charge in [-0.25, -0.2) is 4.98 Å². The quantitative estimate of drug-likeness (QED) is 0.521. The van der Waals surface area contributed by atoms with Crippen molar-refractivity contribution in [1.82, 2.24) is 9.55 Å². The van der Waals surface area contributed by atoms with Crippen molar-refractivity contribution in [1.29, 1.82) is 0 Å². The van der Waals surface area contributed by atoms with Crippen molar-refractivity contribution < 1.29 is 4.79 Å². The number of para-hydroxylation sites is 1. The first-order chi connectivity index (χ1) is 13.5. The van der Waals surface area contributed by atoms with Crippen LogP contribution in [0, 0.1) is 0 Å². The van der Waals surface area contributed by atoms with E-state index in [9.17, 15) is 9.59 Å². The summed E-state index contributed by atoms with van der Waals surface area (Å²) in [6.45, 7) is 3.90. The molecule has 1 heterocycles. The summed E-state index contributed by atoms with van der Waals surface area (Å²) < 4.78 is 1.66. The molecule has 0 unspecified atom stereocenters. The van der Waals surface area contributed by atoms with Crippen LogP contribution in [0.15, 0.2) is 52.4 Å². The van der Waals surface area contributed by atoms with Gasteiger partial charge in [0.1, 0.15) is 0 Å². The molecule has 0 fully saturated rings. The lowest BCUT2D eigenvalue weighted by Crippen LogP contribution is -2.25. The largest absolute Gasteiger partial charge is 0.325 e. The number of nitrogens with zero attached hydrogens (tertiary/aromatic N) is 2. The number of aromatic nitrogens is 2.